The van der Waals surface area contributed by atoms with E-state index in [0.29, 0.717) is 24.8 Å². The van der Waals surface area contributed by atoms with Crippen molar-refractivity contribution in [3.63, 3.8) is 0 Å². The Hall–Kier alpha value is -2.69. The first-order chi connectivity index (χ1) is 11.5. The van der Waals surface area contributed by atoms with Gasteiger partial charge in [0.1, 0.15) is 0 Å². The molecule has 1 aliphatic carbocycles. The summed E-state index contributed by atoms with van der Waals surface area (Å²) >= 11 is 0. The molecule has 0 spiro atoms. The molecule has 1 amide bonds. The van der Waals surface area contributed by atoms with Gasteiger partial charge in [-0.1, -0.05) is 29.8 Å². The van der Waals surface area contributed by atoms with Crippen LogP contribution < -0.4 is 5.32 Å². The number of aryl methyl sites for hydroxylation is 1. The molecule has 5 nitrogen and oxygen atoms in total. The summed E-state index contributed by atoms with van der Waals surface area (Å²) in [5.74, 6) is -1.34. The minimum atomic E-state index is -0.783. The minimum absolute atomic E-state index is 0.0822. The lowest BCUT2D eigenvalue weighted by molar-refractivity contribution is -0.141. The highest BCUT2D eigenvalue weighted by Crippen LogP contribution is 2.26. The van der Waals surface area contributed by atoms with Gasteiger partial charge in [0.05, 0.1) is 11.5 Å². The number of hydrogen-bond acceptors (Lipinski definition) is 3. The molecule has 1 aromatic heterocycles. The van der Waals surface area contributed by atoms with Crippen LogP contribution in [0.3, 0.4) is 0 Å². The number of carboxylic acid groups (broad SMARTS) is 1. The van der Waals surface area contributed by atoms with Crippen molar-refractivity contribution < 1.29 is 14.7 Å². The van der Waals surface area contributed by atoms with E-state index in [1.807, 2.05) is 37.3 Å². The molecule has 124 valence electrons. The molecule has 2 N–H and O–H groups in total. The van der Waals surface area contributed by atoms with E-state index < -0.39 is 5.97 Å². The number of aliphatic carboxylic acids is 1. The number of nitrogens with zero attached hydrogens (tertiary/aromatic N) is 1. The van der Waals surface area contributed by atoms with Crippen LogP contribution in [0.4, 0.5) is 0 Å². The summed E-state index contributed by atoms with van der Waals surface area (Å²) in [6.07, 6.45) is 5.08. The van der Waals surface area contributed by atoms with E-state index in [1.165, 1.54) is 6.20 Å². The summed E-state index contributed by atoms with van der Waals surface area (Å²) in [5.41, 5.74) is 3.55. The Morgan fingerprint density at radius 3 is 2.71 bits per heavy atom. The van der Waals surface area contributed by atoms with Crippen LogP contribution in [0.2, 0.25) is 0 Å². The number of pyridine rings is 1. The van der Waals surface area contributed by atoms with Crippen LogP contribution >= 0.6 is 0 Å². The van der Waals surface area contributed by atoms with Gasteiger partial charge in [0.15, 0.2) is 0 Å². The first-order valence-corrected chi connectivity index (χ1v) is 8.08. The molecule has 3 rings (SSSR count). The van der Waals surface area contributed by atoms with Crippen LogP contribution in [0.1, 0.15) is 35.2 Å². The fraction of sp³-hybridized carbons (Fsp3) is 0.316. The zero-order valence-corrected chi connectivity index (χ0v) is 13.5. The van der Waals surface area contributed by atoms with Crippen LogP contribution in [-0.4, -0.2) is 28.0 Å². The molecule has 1 aliphatic rings. The zero-order valence-electron chi connectivity index (χ0n) is 13.5. The minimum Gasteiger partial charge on any atom is -0.481 e. The van der Waals surface area contributed by atoms with Crippen LogP contribution in [0.15, 0.2) is 42.7 Å². The highest BCUT2D eigenvalue weighted by molar-refractivity contribution is 5.95. The molecular weight excluding hydrogens is 304 g/mol. The smallest absolute Gasteiger partial charge is 0.306 e. The van der Waals surface area contributed by atoms with Crippen molar-refractivity contribution in [2.75, 3.05) is 0 Å². The molecule has 2 atom stereocenters. The standard InChI is InChI=1S/C19H20N2O3/c1-12-3-2-4-13(7-12)15-8-16(11-20-10-15)18(22)21-17-6-5-14(9-17)19(23)24/h2-4,7-8,10-11,14,17H,5-6,9H2,1H3,(H,21,22)(H,23,24)/t14-,17+/m1/s1. The maximum Gasteiger partial charge on any atom is 0.306 e. The summed E-state index contributed by atoms with van der Waals surface area (Å²) < 4.78 is 0. The zero-order chi connectivity index (χ0) is 17.1. The van der Waals surface area contributed by atoms with Crippen LogP contribution in [0.5, 0.6) is 0 Å². The van der Waals surface area contributed by atoms with E-state index in [9.17, 15) is 9.59 Å². The number of amides is 1. The Kier molecular flexibility index (Phi) is 4.60. The number of hydrogen-bond donors (Lipinski definition) is 2. The Balaban J connectivity index is 1.72. The maximum absolute atomic E-state index is 12.4. The van der Waals surface area contributed by atoms with Gasteiger partial charge in [-0.3, -0.25) is 14.6 Å². The third kappa shape index (κ3) is 3.62. The third-order valence-electron chi connectivity index (χ3n) is 4.47. The lowest BCUT2D eigenvalue weighted by Crippen LogP contribution is -2.33. The van der Waals surface area contributed by atoms with Crippen LogP contribution in [0.25, 0.3) is 11.1 Å². The number of carbonyl (C=O) groups is 2. The van der Waals surface area contributed by atoms with Gasteiger partial charge in [0, 0.05) is 24.0 Å². The van der Waals surface area contributed by atoms with Crippen molar-refractivity contribution in [1.29, 1.82) is 0 Å². The fourth-order valence-corrected chi connectivity index (χ4v) is 3.15. The number of benzene rings is 1. The molecular formula is C19H20N2O3. The van der Waals surface area contributed by atoms with Crippen LogP contribution in [0, 0.1) is 12.8 Å². The van der Waals surface area contributed by atoms with Crippen molar-refractivity contribution in [3.8, 4) is 11.1 Å². The van der Waals surface area contributed by atoms with Gasteiger partial charge in [-0.25, -0.2) is 0 Å². The lowest BCUT2D eigenvalue weighted by atomic mass is 10.0. The SMILES string of the molecule is Cc1cccc(-c2cncc(C(=O)N[C@H]3CC[C@@H](C(=O)O)C3)c2)c1. The van der Waals surface area contributed by atoms with E-state index in [2.05, 4.69) is 10.3 Å². The van der Waals surface area contributed by atoms with Crippen molar-refractivity contribution in [2.45, 2.75) is 32.2 Å². The molecule has 0 saturated heterocycles. The molecule has 0 bridgehead atoms. The van der Waals surface area contributed by atoms with E-state index >= 15 is 0 Å². The largest absolute Gasteiger partial charge is 0.481 e. The number of nitrogens with one attached hydrogen (secondary N) is 1. The average molecular weight is 324 g/mol. The Morgan fingerprint density at radius 1 is 1.17 bits per heavy atom. The number of rotatable bonds is 4. The molecule has 2 aromatic rings. The van der Waals surface area contributed by atoms with Gasteiger partial charge >= 0.3 is 5.97 Å². The topological polar surface area (TPSA) is 79.3 Å². The second-order valence-corrected chi connectivity index (χ2v) is 6.35. The summed E-state index contributed by atoms with van der Waals surface area (Å²) in [5, 5.41) is 12.0. The molecule has 1 saturated carbocycles. The number of carbonyl (C=O) groups excluding carboxylic acids is 1. The Morgan fingerprint density at radius 2 is 2.00 bits per heavy atom. The molecule has 1 aromatic carbocycles. The second-order valence-electron chi connectivity index (χ2n) is 6.35. The van der Waals surface area contributed by atoms with Crippen LogP contribution in [-0.2, 0) is 4.79 Å². The highest BCUT2D eigenvalue weighted by atomic mass is 16.4. The van der Waals surface area contributed by atoms with Gasteiger partial charge in [0.25, 0.3) is 5.91 Å². The maximum atomic E-state index is 12.4. The Bertz CT molecular complexity index is 773. The highest BCUT2D eigenvalue weighted by Gasteiger charge is 2.30. The molecule has 1 fully saturated rings. The van der Waals surface area contributed by atoms with Gasteiger partial charge in [-0.15, -0.1) is 0 Å². The van der Waals surface area contributed by atoms with Crippen molar-refractivity contribution in [1.82, 2.24) is 10.3 Å². The molecule has 5 heteroatoms. The number of carboxylic acids is 1. The lowest BCUT2D eigenvalue weighted by Gasteiger charge is -2.13. The Labute approximate surface area is 140 Å². The monoisotopic (exact) mass is 324 g/mol. The van der Waals surface area contributed by atoms with Gasteiger partial charge in [-0.2, -0.15) is 0 Å². The van der Waals surface area contributed by atoms with Gasteiger partial charge in [0.2, 0.25) is 0 Å². The van der Waals surface area contributed by atoms with Crippen molar-refractivity contribution >= 4 is 11.9 Å². The van der Waals surface area contributed by atoms with E-state index in [4.69, 9.17) is 5.11 Å². The normalized spacial score (nSPS) is 19.9. The molecule has 0 aliphatic heterocycles. The second kappa shape index (κ2) is 6.83. The summed E-state index contributed by atoms with van der Waals surface area (Å²) in [6, 6.07) is 9.77. The predicted octanol–water partition coefficient (Wildman–Crippen LogP) is 3.04. The van der Waals surface area contributed by atoms with Gasteiger partial charge in [-0.05, 0) is 37.8 Å². The predicted molar refractivity (Wildman–Crippen MR) is 90.6 cm³/mol. The first kappa shape index (κ1) is 16.2. The number of aromatic nitrogens is 1. The molecule has 0 unspecified atom stereocenters. The third-order valence-corrected chi connectivity index (χ3v) is 4.47. The van der Waals surface area contributed by atoms with E-state index in [1.54, 1.807) is 6.20 Å². The summed E-state index contributed by atoms with van der Waals surface area (Å²) in [4.78, 5) is 27.6. The average Bonchev–Trinajstić information content (AvgIpc) is 3.04. The van der Waals surface area contributed by atoms with Crippen molar-refractivity contribution in [2.24, 2.45) is 5.92 Å². The van der Waals surface area contributed by atoms with Gasteiger partial charge < -0.3 is 10.4 Å². The molecule has 1 heterocycles. The summed E-state index contributed by atoms with van der Waals surface area (Å²) in [6.45, 7) is 2.02. The molecule has 0 radical (unpaired) electrons. The van der Waals surface area contributed by atoms with E-state index in [0.717, 1.165) is 16.7 Å². The first-order valence-electron chi connectivity index (χ1n) is 8.08. The van der Waals surface area contributed by atoms with E-state index in [-0.39, 0.29) is 17.9 Å². The fourth-order valence-electron chi connectivity index (χ4n) is 3.15. The van der Waals surface area contributed by atoms with Crippen molar-refractivity contribution in [3.05, 3.63) is 53.9 Å². The molecule has 24 heavy (non-hydrogen) atoms. The quantitative estimate of drug-likeness (QED) is 0.906. The summed E-state index contributed by atoms with van der Waals surface area (Å²) in [7, 11) is 0.